The fourth-order valence-electron chi connectivity index (χ4n) is 3.19. The second-order valence-electron chi connectivity index (χ2n) is 7.12. The van der Waals surface area contributed by atoms with Gasteiger partial charge in [0, 0.05) is 29.7 Å². The number of halogens is 1. The third-order valence-corrected chi connectivity index (χ3v) is 6.96. The SMILES string of the molecule is CCOc1ccc(C(=O)Nc2ccccc2OC)cc1CN(C)S(=O)(=O)c1ccc(Cl)cc1. The number of anilines is 1. The second-order valence-corrected chi connectivity index (χ2v) is 9.61. The van der Waals surface area contributed by atoms with Crippen molar-refractivity contribution in [3.8, 4) is 11.5 Å². The Bertz CT molecular complexity index is 1230. The van der Waals surface area contributed by atoms with Crippen molar-refractivity contribution in [3.63, 3.8) is 0 Å². The first-order valence-corrected chi connectivity index (χ1v) is 12.0. The minimum Gasteiger partial charge on any atom is -0.495 e. The van der Waals surface area contributed by atoms with Crippen molar-refractivity contribution >= 4 is 33.2 Å². The Hall–Kier alpha value is -3.07. The van der Waals surface area contributed by atoms with Gasteiger partial charge in [0.25, 0.3) is 5.91 Å². The number of carbonyl (C=O) groups is 1. The average molecular weight is 489 g/mol. The van der Waals surface area contributed by atoms with Crippen molar-refractivity contribution in [1.29, 1.82) is 0 Å². The number of hydrogen-bond donors (Lipinski definition) is 1. The minimum atomic E-state index is -3.77. The summed E-state index contributed by atoms with van der Waals surface area (Å²) in [4.78, 5) is 13.0. The van der Waals surface area contributed by atoms with E-state index in [1.807, 2.05) is 6.92 Å². The van der Waals surface area contributed by atoms with Crippen LogP contribution in [-0.2, 0) is 16.6 Å². The fraction of sp³-hybridized carbons (Fsp3) is 0.208. The van der Waals surface area contributed by atoms with Gasteiger partial charge >= 0.3 is 0 Å². The lowest BCUT2D eigenvalue weighted by atomic mass is 10.1. The highest BCUT2D eigenvalue weighted by Crippen LogP contribution is 2.27. The Kier molecular flexibility index (Phi) is 7.97. The number of sulfonamides is 1. The van der Waals surface area contributed by atoms with Gasteiger partial charge in [0.1, 0.15) is 11.5 Å². The lowest BCUT2D eigenvalue weighted by molar-refractivity contribution is 0.102. The van der Waals surface area contributed by atoms with Crippen LogP contribution in [-0.4, -0.2) is 39.4 Å². The molecule has 0 aromatic heterocycles. The van der Waals surface area contributed by atoms with E-state index in [0.717, 1.165) is 0 Å². The van der Waals surface area contributed by atoms with Gasteiger partial charge < -0.3 is 14.8 Å². The highest BCUT2D eigenvalue weighted by molar-refractivity contribution is 7.89. The molecule has 0 bridgehead atoms. The van der Waals surface area contributed by atoms with Gasteiger partial charge in [-0.2, -0.15) is 4.31 Å². The molecule has 0 heterocycles. The van der Waals surface area contributed by atoms with E-state index in [1.165, 1.54) is 42.7 Å². The third-order valence-electron chi connectivity index (χ3n) is 4.89. The molecule has 0 aliphatic carbocycles. The molecule has 0 radical (unpaired) electrons. The van der Waals surface area contributed by atoms with E-state index < -0.39 is 10.0 Å². The molecule has 9 heteroatoms. The summed E-state index contributed by atoms with van der Waals surface area (Å²) in [5.74, 6) is 0.683. The summed E-state index contributed by atoms with van der Waals surface area (Å²) < 4.78 is 38.1. The van der Waals surface area contributed by atoms with Gasteiger partial charge in [0.15, 0.2) is 0 Å². The molecule has 0 saturated carbocycles. The number of rotatable bonds is 9. The van der Waals surface area contributed by atoms with Crippen molar-refractivity contribution < 1.29 is 22.7 Å². The smallest absolute Gasteiger partial charge is 0.255 e. The van der Waals surface area contributed by atoms with E-state index in [-0.39, 0.29) is 17.3 Å². The maximum atomic E-state index is 13.0. The molecule has 0 saturated heterocycles. The molecule has 1 N–H and O–H groups in total. The molecule has 0 atom stereocenters. The minimum absolute atomic E-state index is 0.00999. The van der Waals surface area contributed by atoms with Crippen LogP contribution in [0, 0.1) is 0 Å². The maximum absolute atomic E-state index is 13.0. The molecule has 0 aliphatic rings. The van der Waals surface area contributed by atoms with Gasteiger partial charge in [-0.25, -0.2) is 8.42 Å². The summed E-state index contributed by atoms with van der Waals surface area (Å²) in [6.07, 6.45) is 0. The number of para-hydroxylation sites is 2. The summed E-state index contributed by atoms with van der Waals surface area (Å²) in [5, 5.41) is 3.27. The van der Waals surface area contributed by atoms with Gasteiger partial charge in [-0.1, -0.05) is 23.7 Å². The van der Waals surface area contributed by atoms with Gasteiger partial charge in [0.05, 0.1) is 24.3 Å². The summed E-state index contributed by atoms with van der Waals surface area (Å²) in [6.45, 7) is 2.24. The molecular formula is C24H25ClN2O5S. The molecule has 33 heavy (non-hydrogen) atoms. The molecular weight excluding hydrogens is 464 g/mol. The molecule has 3 rings (SSSR count). The van der Waals surface area contributed by atoms with E-state index in [2.05, 4.69) is 5.32 Å². The van der Waals surface area contributed by atoms with E-state index in [9.17, 15) is 13.2 Å². The highest BCUT2D eigenvalue weighted by Gasteiger charge is 2.23. The summed E-state index contributed by atoms with van der Waals surface area (Å²) in [7, 11) is -0.776. The Labute approximate surface area is 198 Å². The first kappa shape index (κ1) is 24.6. The molecule has 0 aliphatic heterocycles. The van der Waals surface area contributed by atoms with Crippen LogP contribution in [0.5, 0.6) is 11.5 Å². The van der Waals surface area contributed by atoms with Gasteiger partial charge in [-0.05, 0) is 61.5 Å². The zero-order chi connectivity index (χ0) is 24.0. The van der Waals surface area contributed by atoms with Gasteiger partial charge in [0.2, 0.25) is 10.0 Å². The van der Waals surface area contributed by atoms with Crippen molar-refractivity contribution in [1.82, 2.24) is 4.31 Å². The normalized spacial score (nSPS) is 11.3. The number of carbonyl (C=O) groups excluding carboxylic acids is 1. The van der Waals surface area contributed by atoms with Crippen molar-refractivity contribution in [2.75, 3.05) is 26.1 Å². The zero-order valence-electron chi connectivity index (χ0n) is 18.5. The van der Waals surface area contributed by atoms with E-state index in [1.54, 1.807) is 42.5 Å². The van der Waals surface area contributed by atoms with Gasteiger partial charge in [-0.15, -0.1) is 0 Å². The maximum Gasteiger partial charge on any atom is 0.255 e. The number of nitrogens with one attached hydrogen (secondary N) is 1. The average Bonchev–Trinajstić information content (AvgIpc) is 2.80. The van der Waals surface area contributed by atoms with Crippen LogP contribution >= 0.6 is 11.6 Å². The zero-order valence-corrected chi connectivity index (χ0v) is 20.1. The predicted octanol–water partition coefficient (Wildman–Crippen LogP) is 4.82. The van der Waals surface area contributed by atoms with E-state index >= 15 is 0 Å². The van der Waals surface area contributed by atoms with Crippen molar-refractivity contribution in [2.24, 2.45) is 0 Å². The quantitative estimate of drug-likeness (QED) is 0.466. The summed E-state index contributed by atoms with van der Waals surface area (Å²) in [6, 6.07) is 18.0. The first-order chi connectivity index (χ1) is 15.8. The molecule has 3 aromatic rings. The van der Waals surface area contributed by atoms with Crippen LogP contribution in [0.25, 0.3) is 0 Å². The van der Waals surface area contributed by atoms with Crippen LogP contribution in [0.4, 0.5) is 5.69 Å². The van der Waals surface area contributed by atoms with Crippen molar-refractivity contribution in [2.45, 2.75) is 18.4 Å². The Morgan fingerprint density at radius 3 is 2.39 bits per heavy atom. The van der Waals surface area contributed by atoms with Crippen LogP contribution in [0.2, 0.25) is 5.02 Å². The largest absolute Gasteiger partial charge is 0.495 e. The third kappa shape index (κ3) is 5.84. The second kappa shape index (κ2) is 10.7. The predicted molar refractivity (Wildman–Crippen MR) is 129 cm³/mol. The number of ether oxygens (including phenoxy) is 2. The van der Waals surface area contributed by atoms with Crippen LogP contribution in [0.15, 0.2) is 71.6 Å². The molecule has 0 spiro atoms. The monoisotopic (exact) mass is 488 g/mol. The van der Waals surface area contributed by atoms with E-state index in [4.69, 9.17) is 21.1 Å². The molecule has 3 aromatic carbocycles. The Morgan fingerprint density at radius 1 is 1.03 bits per heavy atom. The lowest BCUT2D eigenvalue weighted by Crippen LogP contribution is -2.27. The highest BCUT2D eigenvalue weighted by atomic mass is 35.5. The fourth-order valence-corrected chi connectivity index (χ4v) is 4.47. The number of nitrogens with zero attached hydrogens (tertiary/aromatic N) is 1. The van der Waals surface area contributed by atoms with Crippen LogP contribution in [0.3, 0.4) is 0 Å². The first-order valence-electron chi connectivity index (χ1n) is 10.2. The number of methoxy groups -OCH3 is 1. The molecule has 1 amide bonds. The summed E-state index contributed by atoms with van der Waals surface area (Å²) in [5.41, 5.74) is 1.45. The van der Waals surface area contributed by atoms with E-state index in [0.29, 0.717) is 39.9 Å². The summed E-state index contributed by atoms with van der Waals surface area (Å²) >= 11 is 5.88. The van der Waals surface area contributed by atoms with Crippen LogP contribution < -0.4 is 14.8 Å². The molecule has 0 fully saturated rings. The van der Waals surface area contributed by atoms with Crippen molar-refractivity contribution in [3.05, 3.63) is 82.9 Å². The molecule has 7 nitrogen and oxygen atoms in total. The Balaban J connectivity index is 1.88. The Morgan fingerprint density at radius 2 is 1.73 bits per heavy atom. The molecule has 174 valence electrons. The lowest BCUT2D eigenvalue weighted by Gasteiger charge is -2.20. The van der Waals surface area contributed by atoms with Crippen LogP contribution in [0.1, 0.15) is 22.8 Å². The van der Waals surface area contributed by atoms with Gasteiger partial charge in [-0.3, -0.25) is 4.79 Å². The topological polar surface area (TPSA) is 84.9 Å². The number of hydrogen-bond acceptors (Lipinski definition) is 5. The molecule has 0 unspecified atom stereocenters. The standard InChI is InChI=1S/C24H25ClN2O5S/c1-4-32-22-14-9-17(24(28)26-21-7-5-6-8-23(21)31-3)15-18(22)16-27(2)33(29,30)20-12-10-19(25)11-13-20/h5-15H,4,16H2,1-3H3,(H,26,28). The number of benzene rings is 3. The number of amides is 1.